The van der Waals surface area contributed by atoms with E-state index in [2.05, 4.69) is 9.88 Å². The van der Waals surface area contributed by atoms with Crippen molar-refractivity contribution in [2.75, 3.05) is 13.1 Å². The number of hydrogen-bond acceptors (Lipinski definition) is 4. The van der Waals surface area contributed by atoms with Gasteiger partial charge in [-0.15, -0.1) is 11.3 Å². The SMILES string of the molecule is Cc1ccc(-c2nc(C(=O)O)c(CN3CCCC3)s2)cc1. The van der Waals surface area contributed by atoms with E-state index in [0.29, 0.717) is 6.54 Å². The van der Waals surface area contributed by atoms with E-state index in [4.69, 9.17) is 0 Å². The Balaban J connectivity index is 1.91. The van der Waals surface area contributed by atoms with Crippen LogP contribution in [0.5, 0.6) is 0 Å². The summed E-state index contributed by atoms with van der Waals surface area (Å²) in [7, 11) is 0. The fourth-order valence-corrected chi connectivity index (χ4v) is 3.69. The van der Waals surface area contributed by atoms with Crippen molar-refractivity contribution >= 4 is 17.3 Å². The highest BCUT2D eigenvalue weighted by atomic mass is 32.1. The van der Waals surface area contributed by atoms with Crippen LogP contribution in [0.2, 0.25) is 0 Å². The molecule has 1 fully saturated rings. The van der Waals surface area contributed by atoms with Crippen molar-refractivity contribution in [3.8, 4) is 10.6 Å². The molecule has 0 atom stereocenters. The summed E-state index contributed by atoms with van der Waals surface area (Å²) in [5.41, 5.74) is 2.38. The number of nitrogens with zero attached hydrogens (tertiary/aromatic N) is 2. The lowest BCUT2D eigenvalue weighted by Gasteiger charge is -2.12. The summed E-state index contributed by atoms with van der Waals surface area (Å²) in [4.78, 5) is 18.9. The molecule has 0 radical (unpaired) electrons. The van der Waals surface area contributed by atoms with E-state index < -0.39 is 5.97 Å². The minimum absolute atomic E-state index is 0.211. The van der Waals surface area contributed by atoms with Crippen LogP contribution in [0.1, 0.15) is 33.8 Å². The van der Waals surface area contributed by atoms with Crippen molar-refractivity contribution in [2.24, 2.45) is 0 Å². The van der Waals surface area contributed by atoms with Crippen molar-refractivity contribution in [2.45, 2.75) is 26.3 Å². The maximum absolute atomic E-state index is 11.4. The first kappa shape index (κ1) is 14.2. The fraction of sp³-hybridized carbons (Fsp3) is 0.375. The molecule has 1 saturated heterocycles. The Morgan fingerprint density at radius 3 is 2.57 bits per heavy atom. The van der Waals surface area contributed by atoms with E-state index in [-0.39, 0.29) is 5.69 Å². The Morgan fingerprint density at radius 2 is 1.95 bits per heavy atom. The average molecular weight is 302 g/mol. The third kappa shape index (κ3) is 3.14. The molecular weight excluding hydrogens is 284 g/mol. The van der Waals surface area contributed by atoms with Gasteiger partial charge in [0.2, 0.25) is 0 Å². The van der Waals surface area contributed by atoms with Crippen LogP contribution in [0.3, 0.4) is 0 Å². The Hall–Kier alpha value is -1.72. The van der Waals surface area contributed by atoms with Gasteiger partial charge < -0.3 is 5.11 Å². The van der Waals surface area contributed by atoms with Crippen LogP contribution in [0, 0.1) is 6.92 Å². The van der Waals surface area contributed by atoms with Gasteiger partial charge in [-0.1, -0.05) is 29.8 Å². The second-order valence-electron chi connectivity index (χ2n) is 5.45. The highest BCUT2D eigenvalue weighted by Crippen LogP contribution is 2.30. The number of rotatable bonds is 4. The smallest absolute Gasteiger partial charge is 0.355 e. The van der Waals surface area contributed by atoms with Gasteiger partial charge in [0.1, 0.15) is 5.01 Å². The zero-order valence-electron chi connectivity index (χ0n) is 12.0. The second-order valence-corrected chi connectivity index (χ2v) is 6.53. The van der Waals surface area contributed by atoms with E-state index in [0.717, 1.165) is 28.5 Å². The number of carboxylic acids is 1. The zero-order chi connectivity index (χ0) is 14.8. The number of benzene rings is 1. The number of carboxylic acid groups (broad SMARTS) is 1. The Morgan fingerprint density at radius 1 is 1.29 bits per heavy atom. The monoisotopic (exact) mass is 302 g/mol. The molecule has 1 aliphatic rings. The van der Waals surface area contributed by atoms with E-state index in [9.17, 15) is 9.90 Å². The molecule has 0 aliphatic carbocycles. The van der Waals surface area contributed by atoms with E-state index in [1.54, 1.807) is 0 Å². The number of carbonyl (C=O) groups is 1. The molecule has 0 bridgehead atoms. The first-order chi connectivity index (χ1) is 10.1. The molecule has 110 valence electrons. The standard InChI is InChI=1S/C16H18N2O2S/c1-11-4-6-12(7-5-11)15-17-14(16(19)20)13(21-15)10-18-8-2-3-9-18/h4-7H,2-3,8-10H2,1H3,(H,19,20). The third-order valence-electron chi connectivity index (χ3n) is 3.76. The molecule has 0 spiro atoms. The van der Waals surface area contributed by atoms with E-state index in [1.165, 1.54) is 29.7 Å². The Bertz CT molecular complexity index is 643. The molecule has 2 heterocycles. The lowest BCUT2D eigenvalue weighted by Crippen LogP contribution is -2.19. The van der Waals surface area contributed by atoms with Crippen molar-refractivity contribution in [1.82, 2.24) is 9.88 Å². The average Bonchev–Trinajstić information content (AvgIpc) is 3.10. The maximum atomic E-state index is 11.4. The van der Waals surface area contributed by atoms with Gasteiger partial charge in [0.15, 0.2) is 5.69 Å². The number of likely N-dealkylation sites (tertiary alicyclic amines) is 1. The highest BCUT2D eigenvalue weighted by Gasteiger charge is 2.21. The molecule has 0 amide bonds. The molecule has 5 heteroatoms. The van der Waals surface area contributed by atoms with Gasteiger partial charge in [0.25, 0.3) is 0 Å². The van der Waals surface area contributed by atoms with Gasteiger partial charge >= 0.3 is 5.97 Å². The number of aryl methyl sites for hydroxylation is 1. The normalized spacial score (nSPS) is 15.5. The molecule has 0 unspecified atom stereocenters. The second kappa shape index (κ2) is 5.95. The number of aromatic nitrogens is 1. The van der Waals surface area contributed by atoms with Crippen LogP contribution in [-0.2, 0) is 6.54 Å². The van der Waals surface area contributed by atoms with Crippen LogP contribution in [-0.4, -0.2) is 34.0 Å². The zero-order valence-corrected chi connectivity index (χ0v) is 12.8. The van der Waals surface area contributed by atoms with Crippen LogP contribution >= 0.6 is 11.3 Å². The number of hydrogen-bond donors (Lipinski definition) is 1. The fourth-order valence-electron chi connectivity index (χ4n) is 2.59. The molecule has 1 aliphatic heterocycles. The molecule has 2 aromatic rings. The van der Waals surface area contributed by atoms with Crippen molar-refractivity contribution in [3.05, 3.63) is 40.4 Å². The first-order valence-electron chi connectivity index (χ1n) is 7.16. The van der Waals surface area contributed by atoms with Crippen LogP contribution in [0.15, 0.2) is 24.3 Å². The van der Waals surface area contributed by atoms with Crippen molar-refractivity contribution in [1.29, 1.82) is 0 Å². The summed E-state index contributed by atoms with van der Waals surface area (Å²) in [6.45, 7) is 4.84. The minimum atomic E-state index is -0.932. The molecule has 1 aromatic heterocycles. The summed E-state index contributed by atoms with van der Waals surface area (Å²) in [6, 6.07) is 8.05. The molecule has 3 rings (SSSR count). The highest BCUT2D eigenvalue weighted by molar-refractivity contribution is 7.15. The van der Waals surface area contributed by atoms with E-state index >= 15 is 0 Å². The van der Waals surface area contributed by atoms with Gasteiger partial charge in [-0.3, -0.25) is 4.90 Å². The summed E-state index contributed by atoms with van der Waals surface area (Å²) >= 11 is 1.50. The predicted molar refractivity (Wildman–Crippen MR) is 83.8 cm³/mol. The van der Waals surface area contributed by atoms with Crippen LogP contribution < -0.4 is 0 Å². The van der Waals surface area contributed by atoms with Crippen molar-refractivity contribution < 1.29 is 9.90 Å². The van der Waals surface area contributed by atoms with Gasteiger partial charge in [0.05, 0.1) is 4.88 Å². The molecular formula is C16H18N2O2S. The summed E-state index contributed by atoms with van der Waals surface area (Å²) in [6.07, 6.45) is 2.40. The largest absolute Gasteiger partial charge is 0.476 e. The summed E-state index contributed by atoms with van der Waals surface area (Å²) in [5, 5.41) is 10.2. The predicted octanol–water partition coefficient (Wildman–Crippen LogP) is 3.41. The molecule has 21 heavy (non-hydrogen) atoms. The number of thiazole rings is 1. The summed E-state index contributed by atoms with van der Waals surface area (Å²) < 4.78 is 0. The Kier molecular flexibility index (Phi) is 4.03. The van der Waals surface area contributed by atoms with Gasteiger partial charge in [-0.2, -0.15) is 0 Å². The topological polar surface area (TPSA) is 53.4 Å². The lowest BCUT2D eigenvalue weighted by molar-refractivity contribution is 0.0689. The first-order valence-corrected chi connectivity index (χ1v) is 7.97. The van der Waals surface area contributed by atoms with Gasteiger partial charge in [0, 0.05) is 12.1 Å². The van der Waals surface area contributed by atoms with Crippen molar-refractivity contribution in [3.63, 3.8) is 0 Å². The number of aromatic carboxylic acids is 1. The van der Waals surface area contributed by atoms with E-state index in [1.807, 2.05) is 31.2 Å². The van der Waals surface area contributed by atoms with Gasteiger partial charge in [-0.25, -0.2) is 9.78 Å². The molecule has 1 N–H and O–H groups in total. The minimum Gasteiger partial charge on any atom is -0.476 e. The Labute approximate surface area is 128 Å². The van der Waals surface area contributed by atoms with Gasteiger partial charge in [-0.05, 0) is 32.9 Å². The summed E-state index contributed by atoms with van der Waals surface area (Å²) in [5.74, 6) is -0.932. The molecule has 0 saturated carbocycles. The quantitative estimate of drug-likeness (QED) is 0.940. The van der Waals surface area contributed by atoms with Crippen LogP contribution in [0.25, 0.3) is 10.6 Å². The van der Waals surface area contributed by atoms with Crippen LogP contribution in [0.4, 0.5) is 0 Å². The maximum Gasteiger partial charge on any atom is 0.355 e. The lowest BCUT2D eigenvalue weighted by atomic mass is 10.2. The third-order valence-corrected chi connectivity index (χ3v) is 4.85. The molecule has 4 nitrogen and oxygen atoms in total. The molecule has 1 aromatic carbocycles.